The molecule has 0 atom stereocenters. The van der Waals surface area contributed by atoms with Gasteiger partial charge in [0.1, 0.15) is 5.69 Å². The fourth-order valence-electron chi connectivity index (χ4n) is 3.03. The number of ether oxygens (including phenoxy) is 2. The molecule has 178 valence electrons. The van der Waals surface area contributed by atoms with Crippen LogP contribution in [0.15, 0.2) is 46.3 Å². The minimum absolute atomic E-state index is 0.00705. The van der Waals surface area contributed by atoms with Gasteiger partial charge >= 0.3 is 0 Å². The minimum atomic E-state index is -0.640. The lowest BCUT2D eigenvalue weighted by Crippen LogP contribution is -2.23. The van der Waals surface area contributed by atoms with E-state index in [4.69, 9.17) is 15.2 Å². The van der Waals surface area contributed by atoms with Crippen molar-refractivity contribution in [1.29, 1.82) is 0 Å². The predicted molar refractivity (Wildman–Crippen MR) is 132 cm³/mol. The number of carbonyl (C=O) groups is 2. The molecule has 11 heteroatoms. The molecule has 2 aromatic carbocycles. The Balaban J connectivity index is 1.67. The van der Waals surface area contributed by atoms with Crippen molar-refractivity contribution >= 4 is 40.8 Å². The Morgan fingerprint density at radius 1 is 1.09 bits per heavy atom. The van der Waals surface area contributed by atoms with Crippen molar-refractivity contribution in [1.82, 2.24) is 9.97 Å². The highest BCUT2D eigenvalue weighted by Gasteiger charge is 2.17. The van der Waals surface area contributed by atoms with Crippen molar-refractivity contribution in [3.05, 3.63) is 63.4 Å². The zero-order valence-electron chi connectivity index (χ0n) is 19.1. The Kier molecular flexibility index (Phi) is 7.79. The van der Waals surface area contributed by atoms with Gasteiger partial charge in [0.05, 0.1) is 20.0 Å². The fourth-order valence-corrected chi connectivity index (χ4v) is 3.70. The number of nitrogens with zero attached hydrogens (tertiary/aromatic N) is 1. The van der Waals surface area contributed by atoms with E-state index in [-0.39, 0.29) is 33.9 Å². The van der Waals surface area contributed by atoms with Crippen LogP contribution in [0, 0.1) is 13.8 Å². The molecule has 5 N–H and O–H groups in total. The summed E-state index contributed by atoms with van der Waals surface area (Å²) in [7, 11) is 2.93. The first kappa shape index (κ1) is 24.6. The number of methoxy groups -OCH3 is 2. The van der Waals surface area contributed by atoms with Gasteiger partial charge in [-0.15, -0.1) is 0 Å². The Morgan fingerprint density at radius 2 is 1.82 bits per heavy atom. The molecule has 0 saturated carbocycles. The van der Waals surface area contributed by atoms with Crippen LogP contribution in [0.5, 0.6) is 11.5 Å². The van der Waals surface area contributed by atoms with Gasteiger partial charge in [0.15, 0.2) is 22.5 Å². The number of nitrogens with one attached hydrogen (secondary N) is 3. The molecule has 3 aromatic rings. The summed E-state index contributed by atoms with van der Waals surface area (Å²) >= 11 is 1.02. The number of rotatable bonds is 8. The van der Waals surface area contributed by atoms with Crippen molar-refractivity contribution in [3.63, 3.8) is 0 Å². The number of carbonyl (C=O) groups excluding carboxylic acids is 2. The van der Waals surface area contributed by atoms with Crippen LogP contribution in [0.2, 0.25) is 0 Å². The maximum Gasteiger partial charge on any atom is 0.277 e. The molecule has 0 aliphatic rings. The van der Waals surface area contributed by atoms with Crippen molar-refractivity contribution in [2.75, 3.05) is 36.3 Å². The van der Waals surface area contributed by atoms with E-state index in [2.05, 4.69) is 20.6 Å². The van der Waals surface area contributed by atoms with Crippen LogP contribution >= 0.6 is 11.8 Å². The first-order chi connectivity index (χ1) is 16.2. The Labute approximate surface area is 200 Å². The summed E-state index contributed by atoms with van der Waals surface area (Å²) in [4.78, 5) is 44.1. The van der Waals surface area contributed by atoms with Crippen molar-refractivity contribution in [3.8, 4) is 11.5 Å². The van der Waals surface area contributed by atoms with E-state index in [1.807, 2.05) is 32.0 Å². The van der Waals surface area contributed by atoms with Crippen LogP contribution in [0.25, 0.3) is 0 Å². The second-order valence-electron chi connectivity index (χ2n) is 7.24. The van der Waals surface area contributed by atoms with E-state index >= 15 is 0 Å². The van der Waals surface area contributed by atoms with Crippen LogP contribution in [-0.4, -0.2) is 41.8 Å². The van der Waals surface area contributed by atoms with Crippen molar-refractivity contribution < 1.29 is 19.1 Å². The number of thioether (sulfide) groups is 1. The standard InChI is InChI=1S/C23H25N5O5S/c1-12-6-5-7-15(13(12)2)25-18(29)11-34-23-27-20(24)19(22(31)28-23)26-21(30)14-8-9-16(32-3)17(10-14)33-4/h5-10H,11H2,1-4H3,(H,25,29)(H,26,30)(H3,24,27,28,31). The second-order valence-corrected chi connectivity index (χ2v) is 8.20. The SMILES string of the molecule is COc1ccc(C(=O)Nc2c(N)nc(SCC(=O)Nc3cccc(C)c3C)[nH]c2=O)cc1OC. The van der Waals surface area contributed by atoms with E-state index in [1.54, 1.807) is 6.07 Å². The molecule has 0 radical (unpaired) electrons. The normalized spacial score (nSPS) is 10.5. The van der Waals surface area contributed by atoms with Crippen molar-refractivity contribution in [2.45, 2.75) is 19.0 Å². The summed E-state index contributed by atoms with van der Waals surface area (Å²) in [5, 5.41) is 5.46. The molecule has 0 aliphatic heterocycles. The third-order valence-corrected chi connectivity index (χ3v) is 5.90. The Hall–Kier alpha value is -3.99. The molecular formula is C23H25N5O5S. The third-order valence-electron chi connectivity index (χ3n) is 5.03. The highest BCUT2D eigenvalue weighted by atomic mass is 32.2. The molecule has 0 bridgehead atoms. The number of aromatic nitrogens is 2. The van der Waals surface area contributed by atoms with Gasteiger partial charge in [-0.25, -0.2) is 4.98 Å². The number of amides is 2. The van der Waals surface area contributed by atoms with Gasteiger partial charge in [0.25, 0.3) is 11.5 Å². The summed E-state index contributed by atoms with van der Waals surface area (Å²) in [5.41, 5.74) is 8.08. The van der Waals surface area contributed by atoms with Crippen molar-refractivity contribution in [2.24, 2.45) is 0 Å². The first-order valence-corrected chi connectivity index (χ1v) is 11.1. The van der Waals surface area contributed by atoms with Crippen LogP contribution in [0.3, 0.4) is 0 Å². The zero-order valence-corrected chi connectivity index (χ0v) is 20.0. The third kappa shape index (κ3) is 5.67. The lowest BCUT2D eigenvalue weighted by molar-refractivity contribution is -0.113. The van der Waals surface area contributed by atoms with Gasteiger partial charge in [-0.05, 0) is 49.2 Å². The number of nitrogen functional groups attached to an aromatic ring is 1. The van der Waals surface area contributed by atoms with E-state index in [9.17, 15) is 14.4 Å². The molecule has 0 aliphatic carbocycles. The summed E-state index contributed by atoms with van der Waals surface area (Å²) < 4.78 is 10.3. The molecule has 1 heterocycles. The molecule has 0 fully saturated rings. The number of benzene rings is 2. The molecule has 10 nitrogen and oxygen atoms in total. The quantitative estimate of drug-likeness (QED) is 0.282. The topological polar surface area (TPSA) is 148 Å². The van der Waals surface area contributed by atoms with Crippen LogP contribution in [-0.2, 0) is 4.79 Å². The number of hydrogen-bond donors (Lipinski definition) is 4. The first-order valence-electron chi connectivity index (χ1n) is 10.2. The molecule has 34 heavy (non-hydrogen) atoms. The van der Waals surface area contributed by atoms with Gasteiger partial charge in [-0.3, -0.25) is 19.4 Å². The predicted octanol–water partition coefficient (Wildman–Crippen LogP) is 2.97. The van der Waals surface area contributed by atoms with Gasteiger partial charge in [-0.1, -0.05) is 23.9 Å². The summed E-state index contributed by atoms with van der Waals surface area (Å²) in [6, 6.07) is 10.2. The largest absolute Gasteiger partial charge is 0.493 e. The fraction of sp³-hybridized carbons (Fsp3) is 0.217. The van der Waals surface area contributed by atoms with Crippen LogP contribution in [0.1, 0.15) is 21.5 Å². The van der Waals surface area contributed by atoms with Gasteiger partial charge < -0.3 is 25.8 Å². The summed E-state index contributed by atoms with van der Waals surface area (Å²) in [6.45, 7) is 3.88. The number of aromatic amines is 1. The second kappa shape index (κ2) is 10.8. The molecular weight excluding hydrogens is 458 g/mol. The number of hydrogen-bond acceptors (Lipinski definition) is 8. The van der Waals surface area contributed by atoms with E-state index in [1.165, 1.54) is 26.4 Å². The maximum absolute atomic E-state index is 12.6. The highest BCUT2D eigenvalue weighted by molar-refractivity contribution is 7.99. The average molecular weight is 484 g/mol. The molecule has 0 spiro atoms. The monoisotopic (exact) mass is 483 g/mol. The number of nitrogens with two attached hydrogens (primary N) is 1. The molecule has 0 unspecified atom stereocenters. The average Bonchev–Trinajstić information content (AvgIpc) is 2.82. The van der Waals surface area contributed by atoms with E-state index in [0.717, 1.165) is 28.6 Å². The van der Waals surface area contributed by atoms with E-state index < -0.39 is 11.5 Å². The Morgan fingerprint density at radius 3 is 2.50 bits per heavy atom. The number of aryl methyl sites for hydroxylation is 1. The minimum Gasteiger partial charge on any atom is -0.493 e. The van der Waals surface area contributed by atoms with Crippen LogP contribution in [0.4, 0.5) is 17.2 Å². The summed E-state index contributed by atoms with van der Waals surface area (Å²) in [5.74, 6) is -0.177. The highest BCUT2D eigenvalue weighted by Crippen LogP contribution is 2.28. The number of H-pyrrole nitrogens is 1. The molecule has 0 saturated heterocycles. The lowest BCUT2D eigenvalue weighted by Gasteiger charge is -2.11. The molecule has 2 amide bonds. The van der Waals surface area contributed by atoms with Gasteiger partial charge in [0.2, 0.25) is 5.91 Å². The Bertz CT molecular complexity index is 1290. The van der Waals surface area contributed by atoms with Gasteiger partial charge in [0, 0.05) is 11.3 Å². The lowest BCUT2D eigenvalue weighted by atomic mass is 10.1. The molecule has 3 rings (SSSR count). The zero-order chi connectivity index (χ0) is 24.8. The van der Waals surface area contributed by atoms with E-state index in [0.29, 0.717) is 11.5 Å². The van der Waals surface area contributed by atoms with Crippen LogP contribution < -0.4 is 31.4 Å². The number of anilines is 3. The molecule has 1 aromatic heterocycles. The maximum atomic E-state index is 12.6. The smallest absolute Gasteiger partial charge is 0.277 e. The van der Waals surface area contributed by atoms with Gasteiger partial charge in [-0.2, -0.15) is 0 Å². The summed E-state index contributed by atoms with van der Waals surface area (Å²) in [6.07, 6.45) is 0.